The number of benzene rings is 1. The minimum atomic E-state index is -0.0452. The topological polar surface area (TPSA) is 77.6 Å². The summed E-state index contributed by atoms with van der Waals surface area (Å²) in [4.78, 5) is 12.3. The van der Waals surface area contributed by atoms with Crippen molar-refractivity contribution in [2.75, 3.05) is 5.32 Å². The second-order valence-electron chi connectivity index (χ2n) is 5.83. The Labute approximate surface area is 140 Å². The molecule has 0 radical (unpaired) electrons. The lowest BCUT2D eigenvalue weighted by molar-refractivity contribution is -0.116. The summed E-state index contributed by atoms with van der Waals surface area (Å²) in [6, 6.07) is 7.63. The van der Waals surface area contributed by atoms with E-state index in [0.717, 1.165) is 22.6 Å². The van der Waals surface area contributed by atoms with Crippen LogP contribution >= 0.6 is 0 Å². The van der Waals surface area contributed by atoms with E-state index in [-0.39, 0.29) is 11.9 Å². The molecule has 0 aliphatic rings. The average Bonchev–Trinajstić information content (AvgIpc) is 3.21. The van der Waals surface area contributed by atoms with Crippen molar-refractivity contribution in [2.24, 2.45) is 7.05 Å². The Hall–Kier alpha value is -2.96. The van der Waals surface area contributed by atoms with Crippen LogP contribution in [0.5, 0.6) is 0 Å². The highest BCUT2D eigenvalue weighted by molar-refractivity contribution is 5.92. The van der Waals surface area contributed by atoms with Crippen LogP contribution in [0.2, 0.25) is 0 Å². The van der Waals surface area contributed by atoms with Gasteiger partial charge in [-0.3, -0.25) is 9.48 Å². The maximum atomic E-state index is 12.3. The zero-order valence-corrected chi connectivity index (χ0v) is 14.0. The van der Waals surface area contributed by atoms with Gasteiger partial charge in [0, 0.05) is 37.1 Å². The van der Waals surface area contributed by atoms with Gasteiger partial charge in [0.25, 0.3) is 0 Å². The second kappa shape index (κ2) is 6.66. The number of amides is 1. The number of carbonyl (C=O) groups is 1. The summed E-state index contributed by atoms with van der Waals surface area (Å²) in [6.45, 7) is 3.94. The molecule has 0 aliphatic heterocycles. The van der Waals surface area contributed by atoms with Gasteiger partial charge in [0.05, 0.1) is 6.04 Å². The van der Waals surface area contributed by atoms with Crippen molar-refractivity contribution in [3.05, 3.63) is 48.5 Å². The average molecular weight is 324 g/mol. The molecular formula is C17H20N6O. The molecule has 0 fully saturated rings. The highest BCUT2D eigenvalue weighted by Gasteiger charge is 2.15. The Balaban J connectivity index is 1.76. The fourth-order valence-electron chi connectivity index (χ4n) is 2.64. The lowest BCUT2D eigenvalue weighted by atomic mass is 10.1. The minimum Gasteiger partial charge on any atom is -0.326 e. The van der Waals surface area contributed by atoms with Gasteiger partial charge in [0.15, 0.2) is 5.82 Å². The summed E-state index contributed by atoms with van der Waals surface area (Å²) in [6.07, 6.45) is 5.59. The monoisotopic (exact) mass is 324 g/mol. The van der Waals surface area contributed by atoms with Crippen molar-refractivity contribution < 1.29 is 4.79 Å². The number of hydrogen-bond acceptors (Lipinski definition) is 4. The summed E-state index contributed by atoms with van der Waals surface area (Å²) in [5, 5.41) is 15.2. The molecule has 0 saturated heterocycles. The molecule has 24 heavy (non-hydrogen) atoms. The molecule has 7 heteroatoms. The molecule has 2 aromatic heterocycles. The third kappa shape index (κ3) is 3.19. The number of carbonyl (C=O) groups excluding carboxylic acids is 1. The highest BCUT2D eigenvalue weighted by Crippen LogP contribution is 2.27. The van der Waals surface area contributed by atoms with Gasteiger partial charge < -0.3 is 9.88 Å². The Morgan fingerprint density at radius 1 is 1.33 bits per heavy atom. The normalized spacial score (nSPS) is 12.1. The van der Waals surface area contributed by atoms with E-state index in [0.29, 0.717) is 6.42 Å². The van der Waals surface area contributed by atoms with Gasteiger partial charge in [-0.1, -0.05) is 12.1 Å². The van der Waals surface area contributed by atoms with Crippen LogP contribution in [0.4, 0.5) is 5.69 Å². The first-order valence-corrected chi connectivity index (χ1v) is 7.79. The predicted molar refractivity (Wildman–Crippen MR) is 91.4 cm³/mol. The molecule has 0 bridgehead atoms. The zero-order chi connectivity index (χ0) is 17.1. The molecule has 3 rings (SSSR count). The van der Waals surface area contributed by atoms with Crippen molar-refractivity contribution in [2.45, 2.75) is 26.3 Å². The van der Waals surface area contributed by atoms with Gasteiger partial charge in [0.2, 0.25) is 5.91 Å². The van der Waals surface area contributed by atoms with Crippen LogP contribution in [-0.2, 0) is 11.8 Å². The van der Waals surface area contributed by atoms with Gasteiger partial charge >= 0.3 is 0 Å². The zero-order valence-electron chi connectivity index (χ0n) is 14.0. The lowest BCUT2D eigenvalue weighted by Gasteiger charge is -2.15. The number of nitrogens with zero attached hydrogens (tertiary/aromatic N) is 5. The maximum Gasteiger partial charge on any atom is 0.226 e. The molecular weight excluding hydrogens is 304 g/mol. The highest BCUT2D eigenvalue weighted by atomic mass is 16.1. The third-order valence-corrected chi connectivity index (χ3v) is 4.02. The Morgan fingerprint density at radius 2 is 2.17 bits per heavy atom. The second-order valence-corrected chi connectivity index (χ2v) is 5.83. The first-order valence-electron chi connectivity index (χ1n) is 7.79. The number of nitrogens with one attached hydrogen (secondary N) is 1. The SMILES string of the molecule is Cc1c(NC(=O)CC(C)n2cccn2)cccc1-c1nncn1C. The van der Waals surface area contributed by atoms with E-state index >= 15 is 0 Å². The fourth-order valence-corrected chi connectivity index (χ4v) is 2.64. The number of aryl methyl sites for hydroxylation is 1. The van der Waals surface area contributed by atoms with E-state index in [1.54, 1.807) is 17.2 Å². The van der Waals surface area contributed by atoms with E-state index in [4.69, 9.17) is 0 Å². The van der Waals surface area contributed by atoms with Crippen molar-refractivity contribution in [3.8, 4) is 11.4 Å². The van der Waals surface area contributed by atoms with Crippen LogP contribution in [0.1, 0.15) is 24.9 Å². The minimum absolute atomic E-state index is 0.00206. The summed E-state index contributed by atoms with van der Waals surface area (Å²) in [7, 11) is 1.89. The smallest absolute Gasteiger partial charge is 0.226 e. The Bertz CT molecular complexity index is 837. The van der Waals surface area contributed by atoms with Gasteiger partial charge in [-0.2, -0.15) is 5.10 Å². The molecule has 1 amide bonds. The number of hydrogen-bond donors (Lipinski definition) is 1. The molecule has 7 nitrogen and oxygen atoms in total. The van der Waals surface area contributed by atoms with Crippen molar-refractivity contribution in [1.29, 1.82) is 0 Å². The number of aromatic nitrogens is 5. The molecule has 1 N–H and O–H groups in total. The fraction of sp³-hybridized carbons (Fsp3) is 0.294. The molecule has 1 aromatic carbocycles. The van der Waals surface area contributed by atoms with Gasteiger partial charge in [-0.05, 0) is 31.5 Å². The quantitative estimate of drug-likeness (QED) is 0.782. The van der Waals surface area contributed by atoms with Crippen LogP contribution in [0.15, 0.2) is 43.0 Å². The molecule has 0 saturated carbocycles. The molecule has 1 unspecified atom stereocenters. The van der Waals surface area contributed by atoms with Crippen LogP contribution in [0.25, 0.3) is 11.4 Å². The standard InChI is InChI=1S/C17H20N6O/c1-12(23-9-5-8-19-23)10-16(24)20-15-7-4-6-14(13(15)2)17-21-18-11-22(17)3/h4-9,11-12H,10H2,1-3H3,(H,20,24). The first kappa shape index (κ1) is 15.9. The predicted octanol–water partition coefficient (Wildman–Crippen LogP) is 2.58. The maximum absolute atomic E-state index is 12.3. The van der Waals surface area contributed by atoms with E-state index in [2.05, 4.69) is 20.6 Å². The Kier molecular flexibility index (Phi) is 4.41. The van der Waals surface area contributed by atoms with Gasteiger partial charge in [-0.25, -0.2) is 0 Å². The van der Waals surface area contributed by atoms with Crippen LogP contribution < -0.4 is 5.32 Å². The Morgan fingerprint density at radius 3 is 2.83 bits per heavy atom. The summed E-state index contributed by atoms with van der Waals surface area (Å²) in [5.74, 6) is 0.727. The van der Waals surface area contributed by atoms with E-state index in [9.17, 15) is 4.79 Å². The molecule has 124 valence electrons. The van der Waals surface area contributed by atoms with Crippen LogP contribution in [0, 0.1) is 6.92 Å². The van der Waals surface area contributed by atoms with Crippen molar-refractivity contribution in [1.82, 2.24) is 24.5 Å². The molecule has 1 atom stereocenters. The summed E-state index contributed by atoms with van der Waals surface area (Å²) in [5.41, 5.74) is 2.70. The summed E-state index contributed by atoms with van der Waals surface area (Å²) >= 11 is 0. The van der Waals surface area contributed by atoms with Gasteiger partial charge in [-0.15, -0.1) is 10.2 Å². The number of anilines is 1. The van der Waals surface area contributed by atoms with E-state index in [1.165, 1.54) is 0 Å². The molecule has 0 spiro atoms. The van der Waals surface area contributed by atoms with Gasteiger partial charge in [0.1, 0.15) is 6.33 Å². The summed E-state index contributed by atoms with van der Waals surface area (Å²) < 4.78 is 3.64. The third-order valence-electron chi connectivity index (χ3n) is 4.02. The van der Waals surface area contributed by atoms with Crippen LogP contribution in [0.3, 0.4) is 0 Å². The van der Waals surface area contributed by atoms with Crippen molar-refractivity contribution >= 4 is 11.6 Å². The molecule has 2 heterocycles. The number of rotatable bonds is 5. The van der Waals surface area contributed by atoms with E-state index < -0.39 is 0 Å². The molecule has 3 aromatic rings. The first-order chi connectivity index (χ1) is 11.6. The van der Waals surface area contributed by atoms with Crippen LogP contribution in [-0.4, -0.2) is 30.5 Å². The molecule has 0 aliphatic carbocycles. The largest absolute Gasteiger partial charge is 0.326 e. The lowest BCUT2D eigenvalue weighted by Crippen LogP contribution is -2.18. The van der Waals surface area contributed by atoms with E-state index in [1.807, 2.05) is 55.9 Å². The van der Waals surface area contributed by atoms with Crippen molar-refractivity contribution in [3.63, 3.8) is 0 Å².